The van der Waals surface area contributed by atoms with Gasteiger partial charge in [0.1, 0.15) is 6.10 Å². The van der Waals surface area contributed by atoms with Crippen LogP contribution in [0, 0.1) is 11.8 Å². The van der Waals surface area contributed by atoms with E-state index in [2.05, 4.69) is 6.92 Å². The van der Waals surface area contributed by atoms with Crippen molar-refractivity contribution in [3.8, 4) is 0 Å². The van der Waals surface area contributed by atoms with E-state index in [9.17, 15) is 15.0 Å². The molecule has 0 aromatic rings. The third-order valence-corrected chi connectivity index (χ3v) is 5.26. The van der Waals surface area contributed by atoms with Gasteiger partial charge in [0.25, 0.3) is 0 Å². The van der Waals surface area contributed by atoms with Crippen LogP contribution in [0.4, 0.5) is 0 Å². The molecular formula is C20H32O5. The van der Waals surface area contributed by atoms with Crippen LogP contribution in [0.5, 0.6) is 0 Å². The molecule has 5 heteroatoms. The normalized spacial score (nSPS) is 31.4. The van der Waals surface area contributed by atoms with Crippen molar-refractivity contribution in [3.05, 3.63) is 24.0 Å². The Kier molecular flexibility index (Phi) is 7.97. The summed E-state index contributed by atoms with van der Waals surface area (Å²) in [5.41, 5.74) is 0. The molecule has 0 aromatic heterocycles. The molecule has 1 saturated carbocycles. The molecule has 5 nitrogen and oxygen atoms in total. The molecule has 1 heterocycles. The number of carboxylic acid groups (broad SMARTS) is 1. The molecule has 2 aliphatic rings. The van der Waals surface area contributed by atoms with E-state index < -0.39 is 18.2 Å². The monoisotopic (exact) mass is 352 g/mol. The molecule has 0 bridgehead atoms. The second kappa shape index (κ2) is 9.97. The van der Waals surface area contributed by atoms with E-state index in [1.165, 1.54) is 0 Å². The van der Waals surface area contributed by atoms with Crippen molar-refractivity contribution in [1.29, 1.82) is 0 Å². The van der Waals surface area contributed by atoms with Crippen LogP contribution in [0.15, 0.2) is 24.0 Å². The maximum absolute atomic E-state index is 10.5. The Labute approximate surface area is 150 Å². The van der Waals surface area contributed by atoms with Gasteiger partial charge in [0.2, 0.25) is 0 Å². The van der Waals surface area contributed by atoms with E-state index in [-0.39, 0.29) is 24.4 Å². The number of hydrogen-bond acceptors (Lipinski definition) is 4. The van der Waals surface area contributed by atoms with E-state index in [4.69, 9.17) is 9.84 Å². The van der Waals surface area contributed by atoms with Crippen LogP contribution in [0.2, 0.25) is 0 Å². The highest BCUT2D eigenvalue weighted by Gasteiger charge is 2.46. The summed E-state index contributed by atoms with van der Waals surface area (Å²) in [5, 5.41) is 29.0. The molecule has 1 aliphatic heterocycles. The Morgan fingerprint density at radius 3 is 2.88 bits per heavy atom. The van der Waals surface area contributed by atoms with Gasteiger partial charge in [-0.05, 0) is 25.3 Å². The van der Waals surface area contributed by atoms with Crippen molar-refractivity contribution >= 4 is 5.97 Å². The van der Waals surface area contributed by atoms with Gasteiger partial charge in [0.15, 0.2) is 0 Å². The van der Waals surface area contributed by atoms with Gasteiger partial charge in [-0.15, -0.1) is 0 Å². The summed E-state index contributed by atoms with van der Waals surface area (Å²) in [5.74, 6) is 0.429. The summed E-state index contributed by atoms with van der Waals surface area (Å²) < 4.78 is 5.94. The van der Waals surface area contributed by atoms with Gasteiger partial charge < -0.3 is 20.1 Å². The number of aliphatic carboxylic acids is 1. The minimum Gasteiger partial charge on any atom is -0.495 e. The molecule has 0 amide bonds. The summed E-state index contributed by atoms with van der Waals surface area (Å²) in [6.45, 7) is 2.14. The first kappa shape index (κ1) is 20.0. The number of allylic oxidation sites excluding steroid dienone is 2. The van der Waals surface area contributed by atoms with E-state index in [0.717, 1.165) is 37.9 Å². The molecule has 5 atom stereocenters. The predicted octanol–water partition coefficient (Wildman–Crippen LogP) is 3.41. The molecule has 3 unspecified atom stereocenters. The van der Waals surface area contributed by atoms with Crippen LogP contribution in [0.25, 0.3) is 0 Å². The summed E-state index contributed by atoms with van der Waals surface area (Å²) in [6, 6.07) is 0. The number of unbranched alkanes of at least 4 members (excludes halogenated alkanes) is 3. The van der Waals surface area contributed by atoms with Gasteiger partial charge in [-0.2, -0.15) is 0 Å². The Morgan fingerprint density at radius 1 is 1.36 bits per heavy atom. The van der Waals surface area contributed by atoms with Gasteiger partial charge in [-0.1, -0.05) is 38.3 Å². The third-order valence-electron chi connectivity index (χ3n) is 5.26. The number of ether oxygens (including phenoxy) is 1. The highest BCUT2D eigenvalue weighted by Crippen LogP contribution is 2.45. The van der Waals surface area contributed by atoms with E-state index in [1.54, 1.807) is 0 Å². The molecule has 1 aliphatic carbocycles. The first-order chi connectivity index (χ1) is 12.0. The van der Waals surface area contributed by atoms with Crippen LogP contribution < -0.4 is 0 Å². The van der Waals surface area contributed by atoms with Crippen molar-refractivity contribution in [2.75, 3.05) is 0 Å². The molecule has 1 saturated heterocycles. The summed E-state index contributed by atoms with van der Waals surface area (Å²) in [6.07, 6.45) is 12.0. The minimum absolute atomic E-state index is 0.0238. The summed E-state index contributed by atoms with van der Waals surface area (Å²) in [4.78, 5) is 10.5. The quantitative estimate of drug-likeness (QED) is 0.414. The molecule has 2 fully saturated rings. The van der Waals surface area contributed by atoms with Crippen LogP contribution in [0.1, 0.15) is 64.7 Å². The molecule has 2 rings (SSSR count). The average molecular weight is 352 g/mol. The van der Waals surface area contributed by atoms with Gasteiger partial charge in [0.05, 0.1) is 18.0 Å². The van der Waals surface area contributed by atoms with Crippen LogP contribution >= 0.6 is 0 Å². The minimum atomic E-state index is -0.770. The van der Waals surface area contributed by atoms with Gasteiger partial charge >= 0.3 is 5.97 Å². The zero-order valence-corrected chi connectivity index (χ0v) is 15.1. The molecule has 0 spiro atoms. The van der Waals surface area contributed by atoms with Crippen molar-refractivity contribution in [1.82, 2.24) is 0 Å². The number of rotatable bonds is 10. The van der Waals surface area contributed by atoms with Crippen LogP contribution in [-0.4, -0.2) is 39.6 Å². The van der Waals surface area contributed by atoms with E-state index >= 15 is 0 Å². The Balaban J connectivity index is 1.83. The second-order valence-electron chi connectivity index (χ2n) is 7.31. The third kappa shape index (κ3) is 6.15. The molecular weight excluding hydrogens is 320 g/mol. The summed E-state index contributed by atoms with van der Waals surface area (Å²) >= 11 is 0. The topological polar surface area (TPSA) is 87.0 Å². The fraction of sp³-hybridized carbons (Fsp3) is 0.750. The SMILES string of the molecule is CCCCCC(O)/C=C/[C@H]1C(O)CC2O/C(=C\CCCC(=O)O)C[C@@H]21. The van der Waals surface area contributed by atoms with Gasteiger partial charge in [-0.3, -0.25) is 4.79 Å². The van der Waals surface area contributed by atoms with Gasteiger partial charge in [0, 0.05) is 31.1 Å². The Morgan fingerprint density at radius 2 is 2.16 bits per heavy atom. The molecule has 142 valence electrons. The van der Waals surface area contributed by atoms with Gasteiger partial charge in [-0.25, -0.2) is 0 Å². The molecule has 25 heavy (non-hydrogen) atoms. The zero-order chi connectivity index (χ0) is 18.2. The summed E-state index contributed by atoms with van der Waals surface area (Å²) in [7, 11) is 0. The lowest BCUT2D eigenvalue weighted by molar-refractivity contribution is -0.137. The average Bonchev–Trinajstić information content (AvgIpc) is 3.06. The number of carbonyl (C=O) groups is 1. The second-order valence-corrected chi connectivity index (χ2v) is 7.31. The fourth-order valence-electron chi connectivity index (χ4n) is 3.86. The van der Waals surface area contributed by atoms with Crippen LogP contribution in [-0.2, 0) is 9.53 Å². The number of hydrogen-bond donors (Lipinski definition) is 3. The molecule has 0 aromatic carbocycles. The Hall–Kier alpha value is -1.33. The predicted molar refractivity (Wildman–Crippen MR) is 96.0 cm³/mol. The maximum atomic E-state index is 10.5. The lowest BCUT2D eigenvalue weighted by atomic mass is 9.90. The fourth-order valence-corrected chi connectivity index (χ4v) is 3.86. The van der Waals surface area contributed by atoms with Crippen molar-refractivity contribution in [2.45, 2.75) is 83.0 Å². The maximum Gasteiger partial charge on any atom is 0.303 e. The Bertz CT molecular complexity index is 484. The highest BCUT2D eigenvalue weighted by molar-refractivity contribution is 5.66. The first-order valence-corrected chi connectivity index (χ1v) is 9.63. The van der Waals surface area contributed by atoms with E-state index in [0.29, 0.717) is 19.3 Å². The number of fused-ring (bicyclic) bond motifs is 1. The van der Waals surface area contributed by atoms with E-state index in [1.807, 2.05) is 18.2 Å². The lowest BCUT2D eigenvalue weighted by Crippen LogP contribution is -2.18. The smallest absolute Gasteiger partial charge is 0.303 e. The van der Waals surface area contributed by atoms with Crippen LogP contribution in [0.3, 0.4) is 0 Å². The number of aliphatic hydroxyl groups excluding tert-OH is 2. The highest BCUT2D eigenvalue weighted by atomic mass is 16.5. The zero-order valence-electron chi connectivity index (χ0n) is 15.1. The number of carboxylic acids is 1. The largest absolute Gasteiger partial charge is 0.495 e. The first-order valence-electron chi connectivity index (χ1n) is 9.63. The van der Waals surface area contributed by atoms with Crippen molar-refractivity contribution in [2.24, 2.45) is 11.8 Å². The standard InChI is InChI=1S/C20H32O5/c1-2-3-4-7-14(21)10-11-16-17-12-15(8-5-6-9-20(23)24)25-19(17)13-18(16)22/h8,10-11,14,16-19,21-22H,2-7,9,12-13H2,1H3,(H,23,24)/b11-10+,15-8-/t14?,16-,17-,18?,19?/m1/s1. The van der Waals surface area contributed by atoms with Crippen molar-refractivity contribution in [3.63, 3.8) is 0 Å². The number of aliphatic hydroxyl groups is 2. The molecule has 0 radical (unpaired) electrons. The lowest BCUT2D eigenvalue weighted by Gasteiger charge is -2.16. The molecule has 3 N–H and O–H groups in total. The van der Waals surface area contributed by atoms with Crippen molar-refractivity contribution < 1.29 is 24.9 Å².